The highest BCUT2D eigenvalue weighted by molar-refractivity contribution is 6.18. The summed E-state index contributed by atoms with van der Waals surface area (Å²) < 4.78 is 0. The molecular weight excluding hydrogens is 386 g/mol. The number of amides is 3. The summed E-state index contributed by atoms with van der Waals surface area (Å²) in [7, 11) is 1.45. The van der Waals surface area contributed by atoms with Gasteiger partial charge in [0.15, 0.2) is 0 Å². The second-order valence-electron chi connectivity index (χ2n) is 7.06. The van der Waals surface area contributed by atoms with E-state index in [1.54, 1.807) is 18.3 Å². The van der Waals surface area contributed by atoms with E-state index < -0.39 is 6.09 Å². The van der Waals surface area contributed by atoms with Gasteiger partial charge in [-0.25, -0.2) is 5.43 Å². The van der Waals surface area contributed by atoms with Gasteiger partial charge in [0.1, 0.15) is 6.09 Å². The maximum atomic E-state index is 12.5. The van der Waals surface area contributed by atoms with Gasteiger partial charge < -0.3 is 25.1 Å². The van der Waals surface area contributed by atoms with E-state index in [0.717, 1.165) is 27.3 Å². The number of carboxylic acid groups (broad SMARTS) is 1. The Kier molecular flexibility index (Phi) is 4.71. The molecule has 4 rings (SSSR count). The fourth-order valence-corrected chi connectivity index (χ4v) is 3.50. The van der Waals surface area contributed by atoms with E-state index in [1.807, 2.05) is 24.3 Å². The van der Waals surface area contributed by atoms with Crippen LogP contribution in [0.25, 0.3) is 22.2 Å². The Balaban J connectivity index is 1.80. The van der Waals surface area contributed by atoms with Crippen LogP contribution < -0.4 is 15.8 Å². The van der Waals surface area contributed by atoms with E-state index in [9.17, 15) is 19.5 Å². The van der Waals surface area contributed by atoms with Crippen LogP contribution in [-0.4, -0.2) is 41.1 Å². The number of rotatable bonds is 4. The van der Waals surface area contributed by atoms with Crippen LogP contribution in [0.3, 0.4) is 0 Å². The van der Waals surface area contributed by atoms with Crippen molar-refractivity contribution in [3.8, 4) is 11.3 Å². The quantitative estimate of drug-likeness (QED) is 0.610. The van der Waals surface area contributed by atoms with Gasteiger partial charge in [-0.2, -0.15) is 5.10 Å². The average Bonchev–Trinajstić information content (AvgIpc) is 2.96. The molecule has 0 bridgehead atoms. The molecule has 0 radical (unpaired) electrons. The first kappa shape index (κ1) is 19.2. The van der Waals surface area contributed by atoms with Crippen molar-refractivity contribution in [2.45, 2.75) is 13.5 Å². The zero-order valence-electron chi connectivity index (χ0n) is 16.3. The van der Waals surface area contributed by atoms with Gasteiger partial charge in [0.2, 0.25) is 5.91 Å². The lowest BCUT2D eigenvalue weighted by Gasteiger charge is -2.19. The lowest BCUT2D eigenvalue weighted by atomic mass is 10.0. The van der Waals surface area contributed by atoms with Crippen molar-refractivity contribution in [1.82, 2.24) is 15.3 Å². The Morgan fingerprint density at radius 3 is 2.60 bits per heavy atom. The summed E-state index contributed by atoms with van der Waals surface area (Å²) >= 11 is 0. The molecule has 0 aliphatic carbocycles. The minimum Gasteiger partial charge on any atom is -0.530 e. The lowest BCUT2D eigenvalue weighted by Crippen LogP contribution is -2.37. The molecular formula is C21H18N5O4-. The van der Waals surface area contributed by atoms with Gasteiger partial charge >= 0.3 is 0 Å². The summed E-state index contributed by atoms with van der Waals surface area (Å²) in [5.41, 5.74) is 7.22. The maximum absolute atomic E-state index is 12.5. The Bertz CT molecular complexity index is 1210. The van der Waals surface area contributed by atoms with Gasteiger partial charge in [-0.1, -0.05) is 24.3 Å². The number of aromatic nitrogens is 1. The number of carbonyl (C=O) groups is 3. The minimum atomic E-state index is -1.24. The first-order chi connectivity index (χ1) is 14.3. The van der Waals surface area contributed by atoms with Crippen LogP contribution >= 0.6 is 0 Å². The Labute approximate surface area is 171 Å². The molecule has 0 spiro atoms. The molecule has 0 fully saturated rings. The Hall–Kier alpha value is -4.14. The van der Waals surface area contributed by atoms with E-state index in [2.05, 4.69) is 20.8 Å². The van der Waals surface area contributed by atoms with E-state index in [4.69, 9.17) is 0 Å². The number of hydrogen-bond donors (Lipinski definition) is 3. The molecule has 3 N–H and O–H groups in total. The van der Waals surface area contributed by atoms with Crippen molar-refractivity contribution in [3.05, 3.63) is 53.1 Å². The average molecular weight is 404 g/mol. The molecule has 1 aliphatic rings. The number of hydrazone groups is 1. The van der Waals surface area contributed by atoms with Crippen molar-refractivity contribution in [1.29, 1.82) is 0 Å². The Morgan fingerprint density at radius 2 is 1.93 bits per heavy atom. The molecule has 9 heteroatoms. The topological polar surface area (TPSA) is 130 Å². The SMILES string of the molecule is CC(=O)Nc1cc2c3c(c(-c4ccc(CN(C)C(=O)[O-])cc4)[nH]c3c1)C=NNC2=O. The summed E-state index contributed by atoms with van der Waals surface area (Å²) in [6.07, 6.45) is 0.338. The van der Waals surface area contributed by atoms with E-state index in [-0.39, 0.29) is 18.4 Å². The molecule has 0 saturated heterocycles. The third-order valence-corrected chi connectivity index (χ3v) is 4.84. The second kappa shape index (κ2) is 7.36. The number of benzene rings is 2. The van der Waals surface area contributed by atoms with Crippen molar-refractivity contribution in [2.75, 3.05) is 12.4 Å². The summed E-state index contributed by atoms with van der Waals surface area (Å²) in [4.78, 5) is 39.2. The van der Waals surface area contributed by atoms with Crippen molar-refractivity contribution in [3.63, 3.8) is 0 Å². The molecule has 152 valence electrons. The lowest BCUT2D eigenvalue weighted by molar-refractivity contribution is -0.264. The first-order valence-corrected chi connectivity index (χ1v) is 9.15. The molecule has 30 heavy (non-hydrogen) atoms. The van der Waals surface area contributed by atoms with Gasteiger partial charge in [-0.3, -0.25) is 9.59 Å². The smallest absolute Gasteiger partial charge is 0.272 e. The largest absolute Gasteiger partial charge is 0.530 e. The summed E-state index contributed by atoms with van der Waals surface area (Å²) in [6.45, 7) is 1.61. The van der Waals surface area contributed by atoms with Crippen molar-refractivity contribution < 1.29 is 19.5 Å². The van der Waals surface area contributed by atoms with E-state index >= 15 is 0 Å². The Morgan fingerprint density at radius 1 is 1.20 bits per heavy atom. The number of hydrogen-bond acceptors (Lipinski definition) is 5. The first-order valence-electron chi connectivity index (χ1n) is 9.15. The predicted molar refractivity (Wildman–Crippen MR) is 110 cm³/mol. The summed E-state index contributed by atoms with van der Waals surface area (Å²) in [5, 5.41) is 18.3. The molecule has 2 heterocycles. The maximum Gasteiger partial charge on any atom is 0.272 e. The summed E-state index contributed by atoms with van der Waals surface area (Å²) in [6, 6.07) is 10.8. The molecule has 3 amide bonds. The summed E-state index contributed by atoms with van der Waals surface area (Å²) in [5.74, 6) is -0.607. The minimum absolute atomic E-state index is 0.215. The van der Waals surface area contributed by atoms with Crippen LogP contribution in [0, 0.1) is 0 Å². The van der Waals surface area contributed by atoms with Crippen LogP contribution in [0.2, 0.25) is 0 Å². The zero-order chi connectivity index (χ0) is 21.4. The second-order valence-corrected chi connectivity index (χ2v) is 7.06. The van der Waals surface area contributed by atoms with Crippen molar-refractivity contribution in [2.24, 2.45) is 5.10 Å². The molecule has 1 aliphatic heterocycles. The van der Waals surface area contributed by atoms with Crippen LogP contribution in [0.4, 0.5) is 10.5 Å². The number of anilines is 1. The highest BCUT2D eigenvalue weighted by Crippen LogP contribution is 2.34. The molecule has 3 aromatic rings. The van der Waals surface area contributed by atoms with Gasteiger partial charge in [-0.15, -0.1) is 0 Å². The van der Waals surface area contributed by atoms with Crippen LogP contribution in [0.5, 0.6) is 0 Å². The van der Waals surface area contributed by atoms with E-state index in [0.29, 0.717) is 22.2 Å². The molecule has 0 atom stereocenters. The number of aromatic amines is 1. The van der Waals surface area contributed by atoms with Crippen LogP contribution in [-0.2, 0) is 11.3 Å². The third-order valence-electron chi connectivity index (χ3n) is 4.84. The fourth-order valence-electron chi connectivity index (χ4n) is 3.50. The van der Waals surface area contributed by atoms with Gasteiger partial charge in [-0.05, 0) is 23.3 Å². The molecule has 0 unspecified atom stereocenters. The predicted octanol–water partition coefficient (Wildman–Crippen LogP) is 1.65. The number of nitrogens with one attached hydrogen (secondary N) is 3. The zero-order valence-corrected chi connectivity index (χ0v) is 16.3. The highest BCUT2D eigenvalue weighted by atomic mass is 16.4. The fraction of sp³-hybridized carbons (Fsp3) is 0.143. The normalized spacial score (nSPS) is 12.4. The monoisotopic (exact) mass is 404 g/mol. The number of nitrogens with zero attached hydrogens (tertiary/aromatic N) is 2. The number of carbonyl (C=O) groups excluding carboxylic acids is 3. The molecule has 9 nitrogen and oxygen atoms in total. The van der Waals surface area contributed by atoms with Gasteiger partial charge in [0.05, 0.1) is 17.5 Å². The number of H-pyrrole nitrogens is 1. The van der Waals surface area contributed by atoms with E-state index in [1.165, 1.54) is 14.0 Å². The molecule has 2 aromatic carbocycles. The standard InChI is InChI=1S/C21H19N5O4/c1-11(27)23-14-7-15-18-16(9-22-25-20(15)28)19(24-17(18)8-14)13-5-3-12(4-6-13)10-26(2)21(29)30/h3-9,24H,10H2,1-2H3,(H,23,27)(H,25,28)(H,29,30)/p-1. The third kappa shape index (κ3) is 3.48. The molecule has 1 aromatic heterocycles. The highest BCUT2D eigenvalue weighted by Gasteiger charge is 2.22. The van der Waals surface area contributed by atoms with Gasteiger partial charge in [0, 0.05) is 42.7 Å². The van der Waals surface area contributed by atoms with Crippen LogP contribution in [0.1, 0.15) is 28.4 Å². The van der Waals surface area contributed by atoms with Crippen LogP contribution in [0.15, 0.2) is 41.5 Å². The van der Waals surface area contributed by atoms with Gasteiger partial charge in [0.25, 0.3) is 5.91 Å². The van der Waals surface area contributed by atoms with Crippen molar-refractivity contribution >= 4 is 40.7 Å². The molecule has 0 saturated carbocycles.